The van der Waals surface area contributed by atoms with Crippen molar-refractivity contribution in [1.29, 1.82) is 5.26 Å². The van der Waals surface area contributed by atoms with Gasteiger partial charge in [0.2, 0.25) is 0 Å². The largest absolute Gasteiger partial charge is 0.329 e. The number of benzene rings is 1. The summed E-state index contributed by atoms with van der Waals surface area (Å²) in [5.41, 5.74) is 1.51. The van der Waals surface area contributed by atoms with Gasteiger partial charge in [-0.2, -0.15) is 5.26 Å². The number of aromatic nitrogens is 2. The van der Waals surface area contributed by atoms with E-state index in [2.05, 4.69) is 11.1 Å². The molecule has 0 saturated heterocycles. The van der Waals surface area contributed by atoms with Crippen molar-refractivity contribution in [2.75, 3.05) is 7.05 Å². The van der Waals surface area contributed by atoms with Gasteiger partial charge in [0.1, 0.15) is 6.33 Å². The Morgan fingerprint density at radius 1 is 1.56 bits per heavy atom. The molecule has 90 valence electrons. The van der Waals surface area contributed by atoms with E-state index in [1.54, 1.807) is 36.5 Å². The van der Waals surface area contributed by atoms with Gasteiger partial charge in [-0.25, -0.2) is 9.78 Å². The number of rotatable bonds is 2. The molecular formula is C13H12N4O. The maximum absolute atomic E-state index is 11.9. The SMILES string of the molecule is CN(Cc1cccc(C#N)c1)C(=O)n1ccnc1. The van der Waals surface area contributed by atoms with Crippen LogP contribution in [0, 0.1) is 11.3 Å². The summed E-state index contributed by atoms with van der Waals surface area (Å²) in [6.45, 7) is 0.451. The normalized spacial score (nSPS) is 9.78. The molecule has 0 atom stereocenters. The van der Waals surface area contributed by atoms with Crippen LogP contribution in [-0.2, 0) is 6.54 Å². The Bertz CT molecular complexity index is 583. The Balaban J connectivity index is 2.09. The lowest BCUT2D eigenvalue weighted by molar-refractivity contribution is 0.208. The summed E-state index contributed by atoms with van der Waals surface area (Å²) in [4.78, 5) is 17.3. The molecule has 0 N–H and O–H groups in total. The second kappa shape index (κ2) is 5.15. The lowest BCUT2D eigenvalue weighted by Crippen LogP contribution is -2.29. The van der Waals surface area contributed by atoms with Crippen molar-refractivity contribution in [1.82, 2.24) is 14.5 Å². The Morgan fingerprint density at radius 2 is 2.39 bits per heavy atom. The molecule has 1 aromatic carbocycles. The van der Waals surface area contributed by atoms with Crippen molar-refractivity contribution in [2.45, 2.75) is 6.54 Å². The molecule has 0 saturated carbocycles. The number of hydrogen-bond donors (Lipinski definition) is 0. The summed E-state index contributed by atoms with van der Waals surface area (Å²) in [6.07, 6.45) is 4.62. The van der Waals surface area contributed by atoms with Crippen LogP contribution in [0.15, 0.2) is 43.0 Å². The summed E-state index contributed by atoms with van der Waals surface area (Å²) in [5.74, 6) is 0. The first kappa shape index (κ1) is 11.9. The highest BCUT2D eigenvalue weighted by Crippen LogP contribution is 2.07. The lowest BCUT2D eigenvalue weighted by Gasteiger charge is -2.17. The van der Waals surface area contributed by atoms with Crippen LogP contribution in [0.5, 0.6) is 0 Å². The van der Waals surface area contributed by atoms with Crippen molar-refractivity contribution >= 4 is 6.03 Å². The summed E-state index contributed by atoms with van der Waals surface area (Å²) in [6, 6.07) is 9.13. The number of hydrogen-bond acceptors (Lipinski definition) is 3. The van der Waals surface area contributed by atoms with Gasteiger partial charge in [-0.05, 0) is 17.7 Å². The molecule has 2 aromatic rings. The lowest BCUT2D eigenvalue weighted by atomic mass is 10.1. The van der Waals surface area contributed by atoms with Crippen LogP contribution in [0.4, 0.5) is 4.79 Å². The molecule has 0 unspecified atom stereocenters. The minimum atomic E-state index is -0.158. The fourth-order valence-electron chi connectivity index (χ4n) is 1.65. The zero-order valence-corrected chi connectivity index (χ0v) is 9.95. The maximum atomic E-state index is 11.9. The van der Waals surface area contributed by atoms with Crippen LogP contribution in [0.1, 0.15) is 11.1 Å². The minimum Gasteiger partial charge on any atom is -0.323 e. The van der Waals surface area contributed by atoms with Gasteiger partial charge in [-0.3, -0.25) is 4.57 Å². The first-order valence-corrected chi connectivity index (χ1v) is 5.43. The molecule has 18 heavy (non-hydrogen) atoms. The Hall–Kier alpha value is -2.61. The molecule has 1 amide bonds. The second-order valence-corrected chi connectivity index (χ2v) is 3.92. The number of nitriles is 1. The highest BCUT2D eigenvalue weighted by molar-refractivity contribution is 5.76. The predicted octanol–water partition coefficient (Wildman–Crippen LogP) is 1.85. The molecule has 2 rings (SSSR count). The van der Waals surface area contributed by atoms with Gasteiger partial charge in [-0.15, -0.1) is 0 Å². The van der Waals surface area contributed by atoms with Crippen LogP contribution >= 0.6 is 0 Å². The number of carbonyl (C=O) groups excluding carboxylic acids is 1. The monoisotopic (exact) mass is 240 g/mol. The van der Waals surface area contributed by atoms with Gasteiger partial charge in [0, 0.05) is 26.0 Å². The van der Waals surface area contributed by atoms with E-state index < -0.39 is 0 Å². The minimum absolute atomic E-state index is 0.158. The van der Waals surface area contributed by atoms with Crippen molar-refractivity contribution < 1.29 is 4.79 Å². The number of amides is 1. The van der Waals surface area contributed by atoms with Crippen molar-refractivity contribution in [3.8, 4) is 6.07 Å². The van der Waals surface area contributed by atoms with E-state index in [4.69, 9.17) is 5.26 Å². The number of imidazole rings is 1. The first-order chi connectivity index (χ1) is 8.70. The van der Waals surface area contributed by atoms with Gasteiger partial charge >= 0.3 is 6.03 Å². The zero-order valence-electron chi connectivity index (χ0n) is 9.95. The topological polar surface area (TPSA) is 61.9 Å². The molecule has 1 heterocycles. The van der Waals surface area contributed by atoms with E-state index >= 15 is 0 Å². The third-order valence-corrected chi connectivity index (χ3v) is 2.53. The predicted molar refractivity (Wildman–Crippen MR) is 65.6 cm³/mol. The maximum Gasteiger partial charge on any atom is 0.329 e. The molecule has 0 aliphatic rings. The average Bonchev–Trinajstić information content (AvgIpc) is 2.92. The molecule has 0 spiro atoms. The van der Waals surface area contributed by atoms with Crippen molar-refractivity contribution in [3.05, 3.63) is 54.1 Å². The van der Waals surface area contributed by atoms with Crippen LogP contribution in [-0.4, -0.2) is 27.5 Å². The Morgan fingerprint density at radius 3 is 3.06 bits per heavy atom. The van der Waals surface area contributed by atoms with Gasteiger partial charge in [0.05, 0.1) is 11.6 Å². The third kappa shape index (κ3) is 2.55. The summed E-state index contributed by atoms with van der Waals surface area (Å²) in [5, 5.41) is 8.81. The molecule has 5 nitrogen and oxygen atoms in total. The van der Waals surface area contributed by atoms with Crippen LogP contribution < -0.4 is 0 Å². The van der Waals surface area contributed by atoms with E-state index in [1.165, 1.54) is 10.9 Å². The molecule has 5 heteroatoms. The molecule has 0 fully saturated rings. The van der Waals surface area contributed by atoms with Gasteiger partial charge < -0.3 is 4.90 Å². The molecule has 0 bridgehead atoms. The highest BCUT2D eigenvalue weighted by atomic mass is 16.2. The van der Waals surface area contributed by atoms with Gasteiger partial charge in [0.25, 0.3) is 0 Å². The molecule has 0 radical (unpaired) electrons. The molecule has 1 aromatic heterocycles. The van der Waals surface area contributed by atoms with Crippen molar-refractivity contribution in [2.24, 2.45) is 0 Å². The highest BCUT2D eigenvalue weighted by Gasteiger charge is 2.10. The van der Waals surface area contributed by atoms with Crippen LogP contribution in [0.25, 0.3) is 0 Å². The smallest absolute Gasteiger partial charge is 0.323 e. The quantitative estimate of drug-likeness (QED) is 0.804. The van der Waals surface area contributed by atoms with E-state index in [0.29, 0.717) is 12.1 Å². The fraction of sp³-hybridized carbons (Fsp3) is 0.154. The van der Waals surface area contributed by atoms with E-state index in [9.17, 15) is 4.79 Å². The van der Waals surface area contributed by atoms with Gasteiger partial charge in [0.15, 0.2) is 0 Å². The molecular weight excluding hydrogens is 228 g/mol. The zero-order chi connectivity index (χ0) is 13.0. The molecule has 0 aliphatic heterocycles. The molecule has 0 aliphatic carbocycles. The summed E-state index contributed by atoms with van der Waals surface area (Å²) < 4.78 is 1.41. The number of carbonyl (C=O) groups is 1. The van der Waals surface area contributed by atoms with Crippen LogP contribution in [0.3, 0.4) is 0 Å². The Labute approximate surface area is 105 Å². The first-order valence-electron chi connectivity index (χ1n) is 5.43. The average molecular weight is 240 g/mol. The third-order valence-electron chi connectivity index (χ3n) is 2.53. The van der Waals surface area contributed by atoms with Gasteiger partial charge in [-0.1, -0.05) is 12.1 Å². The number of nitrogens with zero attached hydrogens (tertiary/aromatic N) is 4. The summed E-state index contributed by atoms with van der Waals surface area (Å²) >= 11 is 0. The van der Waals surface area contributed by atoms with E-state index in [-0.39, 0.29) is 6.03 Å². The van der Waals surface area contributed by atoms with E-state index in [0.717, 1.165) is 5.56 Å². The van der Waals surface area contributed by atoms with E-state index in [1.807, 2.05) is 12.1 Å². The Kier molecular flexibility index (Phi) is 3.39. The van der Waals surface area contributed by atoms with Crippen LogP contribution in [0.2, 0.25) is 0 Å². The fourth-order valence-corrected chi connectivity index (χ4v) is 1.65. The second-order valence-electron chi connectivity index (χ2n) is 3.92. The summed E-state index contributed by atoms with van der Waals surface area (Å²) in [7, 11) is 1.71. The van der Waals surface area contributed by atoms with Crippen molar-refractivity contribution in [3.63, 3.8) is 0 Å². The standard InChI is InChI=1S/C13H12N4O/c1-16(13(18)17-6-5-15-10-17)9-12-4-2-3-11(7-12)8-14/h2-7,10H,9H2,1H3.